The van der Waals surface area contributed by atoms with Gasteiger partial charge in [0.1, 0.15) is 0 Å². The van der Waals surface area contributed by atoms with E-state index in [4.69, 9.17) is 5.14 Å². The van der Waals surface area contributed by atoms with Crippen LogP contribution in [0.15, 0.2) is 55.1 Å². The number of primary sulfonamides is 1. The molecule has 2 aromatic carbocycles. The predicted molar refractivity (Wildman–Crippen MR) is 127 cm³/mol. The first-order valence-corrected chi connectivity index (χ1v) is 14.2. The van der Waals surface area contributed by atoms with Crippen LogP contribution in [0.25, 0.3) is 11.1 Å². The Morgan fingerprint density at radius 2 is 1.23 bits per heavy atom. The van der Waals surface area contributed by atoms with Crippen LogP contribution in [0.5, 0.6) is 0 Å². The molecule has 0 heterocycles. The summed E-state index contributed by atoms with van der Waals surface area (Å²) in [5.74, 6) is 0. The number of hydrogen-bond acceptors (Lipinski definition) is 4. The molecule has 0 aromatic heterocycles. The Labute approximate surface area is 196 Å². The molecule has 0 aliphatic heterocycles. The smallest absolute Gasteiger partial charge is 0.225 e. The van der Waals surface area contributed by atoms with Crippen molar-refractivity contribution in [3.63, 3.8) is 0 Å². The highest BCUT2D eigenvalue weighted by atomic mass is 79.9. The summed E-state index contributed by atoms with van der Waals surface area (Å²) in [5.41, 5.74) is 0.547. The van der Waals surface area contributed by atoms with Crippen LogP contribution >= 0.6 is 31.9 Å². The van der Waals surface area contributed by atoms with Gasteiger partial charge in [0, 0.05) is 33.2 Å². The largest absolute Gasteiger partial charge is 0.243 e. The van der Waals surface area contributed by atoms with Crippen LogP contribution in [0.4, 0.5) is 0 Å². The highest BCUT2D eigenvalue weighted by Crippen LogP contribution is 2.36. The van der Waals surface area contributed by atoms with Gasteiger partial charge < -0.3 is 0 Å². The number of nitrogens with zero attached hydrogens (tertiary/aromatic N) is 1. The fourth-order valence-corrected chi connectivity index (χ4v) is 6.60. The molecule has 10 heteroatoms. The van der Waals surface area contributed by atoms with Crippen LogP contribution < -0.4 is 5.14 Å². The first kappa shape index (κ1) is 25.5. The van der Waals surface area contributed by atoms with Crippen molar-refractivity contribution in [1.29, 1.82) is 0 Å². The highest BCUT2D eigenvalue weighted by molar-refractivity contribution is 9.10. The Bertz CT molecular complexity index is 1100. The zero-order valence-electron chi connectivity index (χ0n) is 16.9. The Morgan fingerprint density at radius 1 is 0.800 bits per heavy atom. The molecular weight excluding hydrogens is 556 g/mol. The molecule has 2 aromatic rings. The molecule has 0 saturated carbocycles. The summed E-state index contributed by atoms with van der Waals surface area (Å²) in [6.07, 6.45) is 3.22. The van der Waals surface area contributed by atoms with Gasteiger partial charge in [-0.05, 0) is 37.1 Å². The molecule has 2 N–H and O–H groups in total. The third-order valence-corrected chi connectivity index (χ3v) is 8.50. The fourth-order valence-electron chi connectivity index (χ4n) is 3.05. The van der Waals surface area contributed by atoms with Gasteiger partial charge in [-0.15, -0.1) is 0 Å². The maximum absolute atomic E-state index is 13.6. The van der Waals surface area contributed by atoms with E-state index < -0.39 is 20.0 Å². The molecule has 30 heavy (non-hydrogen) atoms. The van der Waals surface area contributed by atoms with E-state index in [1.54, 1.807) is 24.3 Å². The standard InChI is InChI=1S/C20H26Br2N2O4S2/c1-3-5-11-24(12-6-4-2)30(27,28)20-14-16(22)8-10-18(20)17-9-7-15(21)13-19(17)29(23,25)26/h7-10,13-14H,3-6,11-12H2,1-2H3,(H2,23,25,26). The summed E-state index contributed by atoms with van der Waals surface area (Å²) in [6, 6.07) is 9.42. The van der Waals surface area contributed by atoms with Crippen molar-refractivity contribution in [2.75, 3.05) is 13.1 Å². The lowest BCUT2D eigenvalue weighted by molar-refractivity contribution is 0.395. The topological polar surface area (TPSA) is 97.5 Å². The van der Waals surface area contributed by atoms with E-state index in [2.05, 4.69) is 31.9 Å². The van der Waals surface area contributed by atoms with Gasteiger partial charge in [0.25, 0.3) is 0 Å². The summed E-state index contributed by atoms with van der Waals surface area (Å²) in [5, 5.41) is 5.43. The second kappa shape index (κ2) is 10.7. The number of rotatable bonds is 10. The number of sulfonamides is 2. The molecule has 0 fully saturated rings. The van der Waals surface area contributed by atoms with E-state index in [9.17, 15) is 16.8 Å². The molecule has 0 amide bonds. The Kier molecular flexibility index (Phi) is 9.08. The van der Waals surface area contributed by atoms with Crippen molar-refractivity contribution < 1.29 is 16.8 Å². The van der Waals surface area contributed by atoms with E-state index in [1.807, 2.05) is 13.8 Å². The maximum Gasteiger partial charge on any atom is 0.243 e. The Morgan fingerprint density at radius 3 is 1.67 bits per heavy atom. The highest BCUT2D eigenvalue weighted by Gasteiger charge is 2.29. The molecule has 0 atom stereocenters. The summed E-state index contributed by atoms with van der Waals surface area (Å²) >= 11 is 6.61. The molecule has 0 aliphatic rings. The van der Waals surface area contributed by atoms with Crippen molar-refractivity contribution in [2.24, 2.45) is 5.14 Å². The molecule has 0 aliphatic carbocycles. The molecule has 0 spiro atoms. The van der Waals surface area contributed by atoms with Gasteiger partial charge in [-0.1, -0.05) is 70.7 Å². The lowest BCUT2D eigenvalue weighted by Crippen LogP contribution is -2.33. The van der Waals surface area contributed by atoms with Gasteiger partial charge in [-0.2, -0.15) is 4.31 Å². The molecule has 6 nitrogen and oxygen atoms in total. The fraction of sp³-hybridized carbons (Fsp3) is 0.400. The van der Waals surface area contributed by atoms with Crippen molar-refractivity contribution in [2.45, 2.75) is 49.3 Å². The van der Waals surface area contributed by atoms with E-state index in [0.29, 0.717) is 27.6 Å². The third-order valence-electron chi connectivity index (χ3n) is 4.62. The van der Waals surface area contributed by atoms with Gasteiger partial charge in [-0.3, -0.25) is 0 Å². The number of benzene rings is 2. The van der Waals surface area contributed by atoms with Gasteiger partial charge in [0.2, 0.25) is 20.0 Å². The minimum absolute atomic E-state index is 0.0521. The quantitative estimate of drug-likeness (QED) is 0.421. The van der Waals surface area contributed by atoms with Crippen LogP contribution in [-0.2, 0) is 20.0 Å². The Balaban J connectivity index is 2.74. The zero-order chi connectivity index (χ0) is 22.5. The second-order valence-electron chi connectivity index (χ2n) is 6.94. The lowest BCUT2D eigenvalue weighted by atomic mass is 10.1. The average molecular weight is 582 g/mol. The van der Waals surface area contributed by atoms with Crippen LogP contribution in [0.2, 0.25) is 0 Å². The average Bonchev–Trinajstić information content (AvgIpc) is 2.67. The molecule has 166 valence electrons. The van der Waals surface area contributed by atoms with Gasteiger partial charge in [-0.25, -0.2) is 22.0 Å². The van der Waals surface area contributed by atoms with Gasteiger partial charge in [0.05, 0.1) is 9.79 Å². The zero-order valence-corrected chi connectivity index (χ0v) is 21.7. The maximum atomic E-state index is 13.6. The summed E-state index contributed by atoms with van der Waals surface area (Å²) in [4.78, 5) is -0.0828. The van der Waals surface area contributed by atoms with E-state index >= 15 is 0 Å². The number of halogens is 2. The van der Waals surface area contributed by atoms with Crippen molar-refractivity contribution in [3.8, 4) is 11.1 Å². The molecule has 2 rings (SSSR count). The van der Waals surface area contributed by atoms with E-state index in [-0.39, 0.29) is 15.4 Å². The molecule has 0 bridgehead atoms. The SMILES string of the molecule is CCCCN(CCCC)S(=O)(=O)c1cc(Br)ccc1-c1ccc(Br)cc1S(N)(=O)=O. The first-order valence-electron chi connectivity index (χ1n) is 9.64. The minimum atomic E-state index is -4.08. The second-order valence-corrected chi connectivity index (χ2v) is 12.2. The summed E-state index contributed by atoms with van der Waals surface area (Å²) in [6.45, 7) is 4.84. The van der Waals surface area contributed by atoms with E-state index in [0.717, 1.165) is 25.7 Å². The monoisotopic (exact) mass is 580 g/mol. The number of hydrogen-bond donors (Lipinski definition) is 1. The lowest BCUT2D eigenvalue weighted by Gasteiger charge is -2.24. The van der Waals surface area contributed by atoms with Crippen LogP contribution in [0, 0.1) is 0 Å². The predicted octanol–water partition coefficient (Wildman–Crippen LogP) is 5.12. The minimum Gasteiger partial charge on any atom is -0.225 e. The number of unbranched alkanes of at least 4 members (excludes halogenated alkanes) is 2. The van der Waals surface area contributed by atoms with Gasteiger partial charge >= 0.3 is 0 Å². The summed E-state index contributed by atoms with van der Waals surface area (Å²) < 4.78 is 54.3. The van der Waals surface area contributed by atoms with Crippen molar-refractivity contribution in [3.05, 3.63) is 45.3 Å². The van der Waals surface area contributed by atoms with E-state index in [1.165, 1.54) is 16.4 Å². The molecule has 0 unspecified atom stereocenters. The Hall–Kier alpha value is -0.780. The first-order chi connectivity index (χ1) is 14.0. The van der Waals surface area contributed by atoms with Crippen LogP contribution in [-0.4, -0.2) is 34.2 Å². The third kappa shape index (κ3) is 6.14. The molecule has 0 radical (unpaired) electrons. The van der Waals surface area contributed by atoms with Crippen molar-refractivity contribution >= 4 is 51.9 Å². The van der Waals surface area contributed by atoms with Crippen molar-refractivity contribution in [1.82, 2.24) is 4.31 Å². The van der Waals surface area contributed by atoms with Crippen LogP contribution in [0.3, 0.4) is 0 Å². The normalized spacial score (nSPS) is 12.5. The molecule has 0 saturated heterocycles. The number of nitrogens with two attached hydrogens (primary N) is 1. The molecular formula is C20H26Br2N2O4S2. The van der Waals surface area contributed by atoms with Crippen LogP contribution in [0.1, 0.15) is 39.5 Å². The van der Waals surface area contributed by atoms with Gasteiger partial charge in [0.15, 0.2) is 0 Å². The summed E-state index contributed by atoms with van der Waals surface area (Å²) in [7, 11) is -7.94.